The number of fused-ring (bicyclic) bond motifs is 3. The molecule has 0 unspecified atom stereocenters. The van der Waals surface area contributed by atoms with Crippen molar-refractivity contribution in [3.8, 4) is 0 Å². The Morgan fingerprint density at radius 2 is 1.49 bits per heavy atom. The van der Waals surface area contributed by atoms with E-state index in [1.165, 1.54) is 53.1 Å². The lowest BCUT2D eigenvalue weighted by Gasteiger charge is -2.30. The number of imide groups is 1. The number of carbonyl (C=O) groups is 3. The lowest BCUT2D eigenvalue weighted by atomic mass is 9.83. The fraction of sp³-hybridized carbons (Fsp3) is 0.125. The first kappa shape index (κ1) is 27.2. The van der Waals surface area contributed by atoms with Gasteiger partial charge in [-0.15, -0.1) is 0 Å². The summed E-state index contributed by atoms with van der Waals surface area (Å²) >= 11 is 1.98. The molecule has 0 saturated carbocycles. The van der Waals surface area contributed by atoms with Gasteiger partial charge in [0.05, 0.1) is 16.6 Å². The topological polar surface area (TPSA) is 88.5 Å². The first-order valence-electron chi connectivity index (χ1n) is 13.4. The summed E-state index contributed by atoms with van der Waals surface area (Å²) in [5.41, 5.74) is 1.40. The molecule has 1 aromatic heterocycles. The monoisotopic (exact) mass is 613 g/mol. The summed E-state index contributed by atoms with van der Waals surface area (Å²) in [5.74, 6) is -4.03. The highest BCUT2D eigenvalue weighted by atomic mass is 32.2. The van der Waals surface area contributed by atoms with Gasteiger partial charge >= 0.3 is 4.87 Å². The van der Waals surface area contributed by atoms with E-state index in [9.17, 15) is 28.0 Å². The molecule has 7 rings (SSSR count). The van der Waals surface area contributed by atoms with Gasteiger partial charge in [0.2, 0.25) is 17.7 Å². The third kappa shape index (κ3) is 4.65. The number of nitrogens with zero attached hydrogens (tertiary/aromatic N) is 2. The van der Waals surface area contributed by atoms with E-state index < -0.39 is 51.3 Å². The minimum Gasteiger partial charge on any atom is -0.324 e. The smallest absolute Gasteiger partial charge is 0.308 e. The summed E-state index contributed by atoms with van der Waals surface area (Å²) in [6.07, 6.45) is 0. The van der Waals surface area contributed by atoms with Crippen molar-refractivity contribution in [3.05, 3.63) is 123 Å². The van der Waals surface area contributed by atoms with E-state index in [0.29, 0.717) is 21.2 Å². The van der Waals surface area contributed by atoms with Crippen molar-refractivity contribution in [2.75, 3.05) is 10.2 Å². The second-order valence-electron chi connectivity index (χ2n) is 10.3. The van der Waals surface area contributed by atoms with Crippen LogP contribution in [0.15, 0.2) is 101 Å². The van der Waals surface area contributed by atoms with E-state index in [2.05, 4.69) is 5.32 Å². The fourth-order valence-electron chi connectivity index (χ4n) is 5.80. The number of halogens is 2. The number of rotatable bonds is 5. The maximum atomic E-state index is 13.9. The van der Waals surface area contributed by atoms with Gasteiger partial charge in [-0.25, -0.2) is 13.7 Å². The molecule has 214 valence electrons. The molecule has 2 aliphatic heterocycles. The molecular weight excluding hydrogens is 592 g/mol. The van der Waals surface area contributed by atoms with E-state index in [4.69, 9.17) is 0 Å². The Kier molecular flexibility index (Phi) is 6.71. The van der Waals surface area contributed by atoms with Crippen LogP contribution in [0.5, 0.6) is 0 Å². The van der Waals surface area contributed by atoms with Crippen molar-refractivity contribution in [2.24, 2.45) is 5.92 Å². The number of amides is 3. The molecule has 0 aliphatic carbocycles. The molecule has 1 fully saturated rings. The predicted molar refractivity (Wildman–Crippen MR) is 161 cm³/mol. The molecule has 4 aromatic carbocycles. The number of hydrogen-bond donors (Lipinski definition) is 1. The number of anilines is 2. The molecule has 1 N–H and O–H groups in total. The van der Waals surface area contributed by atoms with Crippen LogP contribution in [-0.2, 0) is 20.9 Å². The van der Waals surface area contributed by atoms with Crippen LogP contribution >= 0.6 is 23.1 Å². The fourth-order valence-corrected chi connectivity index (χ4v) is 8.57. The quantitative estimate of drug-likeness (QED) is 0.254. The standard InChI is InChI=1S/C32H21F2N3O4S2/c33-19-10-8-18(9-11-19)25-26-27(30(40)37(29(26)39)21-14-12-20(34)13-15-21)42-31-28(25)43-32(41)36(31)16-24(38)35-23-7-3-5-17-4-1-2-6-22(17)23/h1-15,25-27H,16H2,(H,35,38)/t25-,26-,27+/m0/s1. The van der Waals surface area contributed by atoms with Gasteiger partial charge in [-0.05, 0) is 53.4 Å². The Bertz CT molecular complexity index is 1980. The Labute approximate surface area is 251 Å². The van der Waals surface area contributed by atoms with Crippen molar-refractivity contribution in [1.29, 1.82) is 0 Å². The Morgan fingerprint density at radius 3 is 2.23 bits per heavy atom. The molecule has 3 atom stereocenters. The second kappa shape index (κ2) is 10.6. The average molecular weight is 614 g/mol. The zero-order valence-electron chi connectivity index (χ0n) is 22.2. The molecular formula is C32H21F2N3O4S2. The molecule has 7 nitrogen and oxygen atoms in total. The van der Waals surface area contributed by atoms with Crippen LogP contribution in [0.3, 0.4) is 0 Å². The molecule has 5 aromatic rings. The van der Waals surface area contributed by atoms with Crippen molar-refractivity contribution in [2.45, 2.75) is 22.7 Å². The number of thioether (sulfide) groups is 1. The molecule has 11 heteroatoms. The molecule has 3 heterocycles. The third-order valence-electron chi connectivity index (χ3n) is 7.73. The van der Waals surface area contributed by atoms with Gasteiger partial charge in [0.15, 0.2) is 0 Å². The van der Waals surface area contributed by atoms with Crippen LogP contribution < -0.4 is 15.1 Å². The van der Waals surface area contributed by atoms with Gasteiger partial charge in [-0.2, -0.15) is 0 Å². The van der Waals surface area contributed by atoms with Crippen molar-refractivity contribution in [1.82, 2.24) is 4.57 Å². The first-order chi connectivity index (χ1) is 20.8. The summed E-state index contributed by atoms with van der Waals surface area (Å²) in [4.78, 5) is 55.4. The summed E-state index contributed by atoms with van der Waals surface area (Å²) in [7, 11) is 0. The number of benzene rings is 4. The minimum atomic E-state index is -0.915. The van der Waals surface area contributed by atoms with Gasteiger partial charge in [0, 0.05) is 21.9 Å². The lowest BCUT2D eigenvalue weighted by Crippen LogP contribution is -2.33. The Hall–Kier alpha value is -4.61. The molecule has 3 amide bonds. The van der Waals surface area contributed by atoms with E-state index in [1.807, 2.05) is 36.4 Å². The van der Waals surface area contributed by atoms with Crippen LogP contribution in [0, 0.1) is 17.6 Å². The number of aromatic nitrogens is 1. The summed E-state index contributed by atoms with van der Waals surface area (Å²) in [6.45, 7) is -0.307. The maximum Gasteiger partial charge on any atom is 0.308 e. The second-order valence-corrected chi connectivity index (χ2v) is 12.4. The summed E-state index contributed by atoms with van der Waals surface area (Å²) in [6, 6.07) is 23.8. The number of thiazole rings is 1. The maximum absolute atomic E-state index is 13.9. The van der Waals surface area contributed by atoms with Crippen molar-refractivity contribution in [3.63, 3.8) is 0 Å². The molecule has 0 bridgehead atoms. The van der Waals surface area contributed by atoms with Crippen LogP contribution in [0.4, 0.5) is 20.2 Å². The van der Waals surface area contributed by atoms with Crippen LogP contribution in [0.1, 0.15) is 16.4 Å². The van der Waals surface area contributed by atoms with E-state index >= 15 is 0 Å². The Morgan fingerprint density at radius 1 is 0.814 bits per heavy atom. The zero-order valence-corrected chi connectivity index (χ0v) is 23.8. The van der Waals surface area contributed by atoms with Gasteiger partial charge in [-0.1, -0.05) is 71.6 Å². The van der Waals surface area contributed by atoms with Crippen molar-refractivity contribution >= 4 is 63.0 Å². The van der Waals surface area contributed by atoms with E-state index in [1.54, 1.807) is 6.07 Å². The largest absolute Gasteiger partial charge is 0.324 e. The summed E-state index contributed by atoms with van der Waals surface area (Å²) in [5, 5.41) is 4.20. The van der Waals surface area contributed by atoms with Crippen LogP contribution in [0.2, 0.25) is 0 Å². The Balaban J connectivity index is 1.28. The zero-order chi connectivity index (χ0) is 29.8. The summed E-state index contributed by atoms with van der Waals surface area (Å²) < 4.78 is 28.9. The highest BCUT2D eigenvalue weighted by Crippen LogP contribution is 2.53. The highest BCUT2D eigenvalue weighted by Gasteiger charge is 2.56. The molecule has 1 saturated heterocycles. The third-order valence-corrected chi connectivity index (χ3v) is 10.3. The number of hydrogen-bond acceptors (Lipinski definition) is 6. The van der Waals surface area contributed by atoms with Crippen LogP contribution in [0.25, 0.3) is 10.8 Å². The predicted octanol–water partition coefficient (Wildman–Crippen LogP) is 5.78. The van der Waals surface area contributed by atoms with Crippen LogP contribution in [-0.4, -0.2) is 27.5 Å². The highest BCUT2D eigenvalue weighted by molar-refractivity contribution is 8.00. The van der Waals surface area contributed by atoms with Crippen molar-refractivity contribution < 1.29 is 23.2 Å². The number of carbonyl (C=O) groups excluding carboxylic acids is 3. The minimum absolute atomic E-state index is 0.236. The lowest BCUT2D eigenvalue weighted by molar-refractivity contribution is -0.122. The van der Waals surface area contributed by atoms with Gasteiger partial charge in [-0.3, -0.25) is 23.7 Å². The number of nitrogens with one attached hydrogen (secondary N) is 1. The van der Waals surface area contributed by atoms with E-state index in [-0.39, 0.29) is 12.2 Å². The molecule has 2 aliphatic rings. The van der Waals surface area contributed by atoms with Gasteiger partial charge in [0.25, 0.3) is 0 Å². The average Bonchev–Trinajstić information content (AvgIpc) is 3.44. The normalized spacial score (nSPS) is 19.4. The van der Waals surface area contributed by atoms with Gasteiger partial charge in [0.1, 0.15) is 23.4 Å². The first-order valence-corrected chi connectivity index (χ1v) is 15.1. The molecule has 0 radical (unpaired) electrons. The molecule has 43 heavy (non-hydrogen) atoms. The van der Waals surface area contributed by atoms with E-state index in [0.717, 1.165) is 38.8 Å². The molecule has 0 spiro atoms. The SMILES string of the molecule is O=C(Cn1c2c(sc1=O)[C@@H](c1ccc(F)cc1)[C@@H]1C(=O)N(c3ccc(F)cc3)C(=O)[C@@H]1S2)Nc1cccc2ccccc12. The van der Waals surface area contributed by atoms with Gasteiger partial charge < -0.3 is 5.32 Å².